The lowest BCUT2D eigenvalue weighted by Gasteiger charge is -2.01. The average Bonchev–Trinajstić information content (AvgIpc) is 2.67. The Kier molecular flexibility index (Phi) is 3.42. The molecule has 0 aliphatic carbocycles. The van der Waals surface area contributed by atoms with Gasteiger partial charge in [0.05, 0.1) is 10.4 Å². The molecule has 0 bridgehead atoms. The molecule has 1 nitrogen and oxygen atoms in total. The van der Waals surface area contributed by atoms with Gasteiger partial charge >= 0.3 is 0 Å². The Balaban J connectivity index is 2.49. The summed E-state index contributed by atoms with van der Waals surface area (Å²) in [7, 11) is 0. The molecule has 0 radical (unpaired) electrons. The van der Waals surface area contributed by atoms with Crippen molar-refractivity contribution in [3.63, 3.8) is 0 Å². The number of halogens is 3. The zero-order valence-electron chi connectivity index (χ0n) is 7.84. The fourth-order valence-corrected chi connectivity index (χ4v) is 2.93. The lowest BCUT2D eigenvalue weighted by molar-refractivity contribution is 0.103. The zero-order valence-corrected chi connectivity index (χ0v) is 11.0. The molecule has 0 fully saturated rings. The van der Waals surface area contributed by atoms with Crippen LogP contribution in [0.4, 0.5) is 4.39 Å². The van der Waals surface area contributed by atoms with Crippen molar-refractivity contribution in [1.82, 2.24) is 0 Å². The second-order valence-corrected chi connectivity index (χ2v) is 5.26. The number of rotatable bonds is 2. The maximum absolute atomic E-state index is 13.5. The van der Waals surface area contributed by atoms with Gasteiger partial charge in [0.25, 0.3) is 0 Å². The SMILES string of the molecule is O=C(c1cc(Cl)ccc1F)c1sccc1Br. The monoisotopic (exact) mass is 318 g/mol. The van der Waals surface area contributed by atoms with E-state index in [-0.39, 0.29) is 11.3 Å². The summed E-state index contributed by atoms with van der Waals surface area (Å²) in [5, 5.41) is 2.11. The summed E-state index contributed by atoms with van der Waals surface area (Å²) < 4.78 is 14.1. The van der Waals surface area contributed by atoms with Gasteiger partial charge in [-0.2, -0.15) is 0 Å². The summed E-state index contributed by atoms with van der Waals surface area (Å²) >= 11 is 10.2. The first kappa shape index (κ1) is 11.8. The van der Waals surface area contributed by atoms with Crippen molar-refractivity contribution < 1.29 is 9.18 Å². The van der Waals surface area contributed by atoms with Gasteiger partial charge in [-0.05, 0) is 45.6 Å². The minimum absolute atomic E-state index is 0.00403. The quantitative estimate of drug-likeness (QED) is 0.743. The molecule has 0 saturated carbocycles. The summed E-state index contributed by atoms with van der Waals surface area (Å²) in [4.78, 5) is 12.5. The molecule has 0 N–H and O–H groups in total. The molecule has 1 aromatic heterocycles. The highest BCUT2D eigenvalue weighted by Gasteiger charge is 2.17. The van der Waals surface area contributed by atoms with Gasteiger partial charge in [-0.25, -0.2) is 4.39 Å². The number of hydrogen-bond acceptors (Lipinski definition) is 2. The predicted molar refractivity (Wildman–Crippen MR) is 66.9 cm³/mol. The van der Waals surface area contributed by atoms with E-state index in [1.165, 1.54) is 29.5 Å². The highest BCUT2D eigenvalue weighted by Crippen LogP contribution is 2.27. The zero-order chi connectivity index (χ0) is 11.7. The molecule has 0 aliphatic heterocycles. The van der Waals surface area contributed by atoms with Crippen molar-refractivity contribution in [3.8, 4) is 0 Å². The Hall–Kier alpha value is -0.710. The van der Waals surface area contributed by atoms with Gasteiger partial charge in [-0.15, -0.1) is 11.3 Å². The van der Waals surface area contributed by atoms with Gasteiger partial charge in [0.2, 0.25) is 5.78 Å². The topological polar surface area (TPSA) is 17.1 Å². The highest BCUT2D eigenvalue weighted by molar-refractivity contribution is 9.10. The van der Waals surface area contributed by atoms with Gasteiger partial charge in [0, 0.05) is 9.50 Å². The van der Waals surface area contributed by atoms with Gasteiger partial charge in [0.15, 0.2) is 0 Å². The maximum Gasteiger partial charge on any atom is 0.207 e. The van der Waals surface area contributed by atoms with Crippen LogP contribution in [0.15, 0.2) is 34.1 Å². The highest BCUT2D eigenvalue weighted by atomic mass is 79.9. The van der Waals surface area contributed by atoms with Gasteiger partial charge in [-0.1, -0.05) is 11.6 Å². The van der Waals surface area contributed by atoms with Gasteiger partial charge in [0.1, 0.15) is 5.82 Å². The van der Waals surface area contributed by atoms with Crippen LogP contribution in [0.1, 0.15) is 15.2 Å². The molecule has 0 saturated heterocycles. The summed E-state index contributed by atoms with van der Waals surface area (Å²) in [5.74, 6) is -0.920. The standard InChI is InChI=1S/C11H5BrClFOS/c12-8-3-4-16-11(8)10(15)7-5-6(13)1-2-9(7)14/h1-5H. The molecule has 0 spiro atoms. The molecular formula is C11H5BrClFOS. The lowest BCUT2D eigenvalue weighted by atomic mass is 10.1. The summed E-state index contributed by atoms with van der Waals surface area (Å²) in [6, 6.07) is 5.69. The second-order valence-electron chi connectivity index (χ2n) is 3.05. The molecular weight excluding hydrogens is 315 g/mol. The Bertz CT molecular complexity index is 553. The van der Waals surface area contributed by atoms with Crippen molar-refractivity contribution in [3.05, 3.63) is 55.4 Å². The molecule has 82 valence electrons. The van der Waals surface area contributed by atoms with Crippen LogP contribution in [0, 0.1) is 5.82 Å². The normalized spacial score (nSPS) is 10.4. The lowest BCUT2D eigenvalue weighted by Crippen LogP contribution is -2.02. The third-order valence-electron chi connectivity index (χ3n) is 2.00. The Morgan fingerprint density at radius 3 is 2.75 bits per heavy atom. The molecule has 0 aliphatic rings. The second kappa shape index (κ2) is 4.65. The van der Waals surface area contributed by atoms with Crippen LogP contribution >= 0.6 is 38.9 Å². The van der Waals surface area contributed by atoms with E-state index in [0.717, 1.165) is 0 Å². The molecule has 16 heavy (non-hydrogen) atoms. The first-order chi connectivity index (χ1) is 7.59. The van der Waals surface area contributed by atoms with Crippen molar-refractivity contribution in [2.24, 2.45) is 0 Å². The average molecular weight is 320 g/mol. The molecule has 2 aromatic rings. The third-order valence-corrected chi connectivity index (χ3v) is 4.07. The van der Waals surface area contributed by atoms with Crippen LogP contribution in [-0.2, 0) is 0 Å². The minimum atomic E-state index is -0.560. The number of ketones is 1. The van der Waals surface area contributed by atoms with E-state index < -0.39 is 5.82 Å². The third kappa shape index (κ3) is 2.19. The van der Waals surface area contributed by atoms with Crippen molar-refractivity contribution in [2.75, 3.05) is 0 Å². The van der Waals surface area contributed by atoms with Crippen molar-refractivity contribution in [1.29, 1.82) is 0 Å². The van der Waals surface area contributed by atoms with Gasteiger partial charge < -0.3 is 0 Å². The number of benzene rings is 1. The van der Waals surface area contributed by atoms with E-state index in [4.69, 9.17) is 11.6 Å². The van der Waals surface area contributed by atoms with E-state index in [1.54, 1.807) is 11.4 Å². The van der Waals surface area contributed by atoms with E-state index in [1.807, 2.05) is 0 Å². The predicted octanol–water partition coefficient (Wildman–Crippen LogP) is 4.53. The largest absolute Gasteiger partial charge is 0.288 e. The number of carbonyl (C=O) groups excluding carboxylic acids is 1. The first-order valence-corrected chi connectivity index (χ1v) is 6.37. The maximum atomic E-state index is 13.5. The molecule has 1 aromatic carbocycles. The number of carbonyl (C=O) groups is 1. The van der Waals surface area contributed by atoms with Crippen molar-refractivity contribution in [2.45, 2.75) is 0 Å². The van der Waals surface area contributed by atoms with Crippen LogP contribution < -0.4 is 0 Å². The van der Waals surface area contributed by atoms with E-state index in [9.17, 15) is 9.18 Å². The van der Waals surface area contributed by atoms with E-state index >= 15 is 0 Å². The van der Waals surface area contributed by atoms with Crippen LogP contribution in [0.2, 0.25) is 5.02 Å². The molecule has 0 amide bonds. The van der Waals surface area contributed by atoms with E-state index in [0.29, 0.717) is 14.4 Å². The van der Waals surface area contributed by atoms with Crippen LogP contribution in [0.25, 0.3) is 0 Å². The Morgan fingerprint density at radius 1 is 1.38 bits per heavy atom. The Labute approximate surface area is 109 Å². The smallest absolute Gasteiger partial charge is 0.207 e. The van der Waals surface area contributed by atoms with Crippen LogP contribution in [0.5, 0.6) is 0 Å². The number of thiophene rings is 1. The summed E-state index contributed by atoms with van der Waals surface area (Å²) in [5.41, 5.74) is -0.00403. The summed E-state index contributed by atoms with van der Waals surface area (Å²) in [6.07, 6.45) is 0. The minimum Gasteiger partial charge on any atom is -0.288 e. The fourth-order valence-electron chi connectivity index (χ4n) is 1.25. The molecule has 0 atom stereocenters. The van der Waals surface area contributed by atoms with Crippen LogP contribution in [-0.4, -0.2) is 5.78 Å². The number of hydrogen-bond donors (Lipinski definition) is 0. The molecule has 2 rings (SSSR count). The first-order valence-electron chi connectivity index (χ1n) is 4.32. The molecule has 1 heterocycles. The fraction of sp³-hybridized carbons (Fsp3) is 0. The van der Waals surface area contributed by atoms with E-state index in [2.05, 4.69) is 15.9 Å². The van der Waals surface area contributed by atoms with Crippen LogP contribution in [0.3, 0.4) is 0 Å². The van der Waals surface area contributed by atoms with Crippen molar-refractivity contribution >= 4 is 44.7 Å². The Morgan fingerprint density at radius 2 is 2.12 bits per heavy atom. The van der Waals surface area contributed by atoms with Gasteiger partial charge in [-0.3, -0.25) is 4.79 Å². The molecule has 0 unspecified atom stereocenters. The molecule has 5 heteroatoms. The summed E-state index contributed by atoms with van der Waals surface area (Å²) in [6.45, 7) is 0.